The minimum Gasteiger partial charge on any atom is -0.385 e. The van der Waals surface area contributed by atoms with Gasteiger partial charge in [0.1, 0.15) is 0 Å². The molecule has 1 aliphatic rings. The molecule has 0 aromatic carbocycles. The van der Waals surface area contributed by atoms with Crippen molar-refractivity contribution in [1.82, 2.24) is 20.0 Å². The Morgan fingerprint density at radius 2 is 2.15 bits per heavy atom. The fourth-order valence-corrected chi connectivity index (χ4v) is 3.65. The summed E-state index contributed by atoms with van der Waals surface area (Å²) in [6.07, 6.45) is 7.13. The number of hydrogen-bond donors (Lipinski definition) is 1. The molecule has 0 bridgehead atoms. The lowest BCUT2D eigenvalue weighted by Gasteiger charge is -2.42. The van der Waals surface area contributed by atoms with E-state index in [1.807, 2.05) is 18.8 Å². The van der Waals surface area contributed by atoms with Crippen molar-refractivity contribution in [3.63, 3.8) is 0 Å². The number of guanidine groups is 1. The van der Waals surface area contributed by atoms with E-state index in [0.717, 1.165) is 32.1 Å². The zero-order valence-electron chi connectivity index (χ0n) is 17.2. The van der Waals surface area contributed by atoms with Crippen LogP contribution in [0.25, 0.3) is 0 Å². The summed E-state index contributed by atoms with van der Waals surface area (Å²) in [5.41, 5.74) is 2.81. The third-order valence-corrected chi connectivity index (χ3v) is 5.34. The first-order chi connectivity index (χ1) is 11.9. The minimum atomic E-state index is 0. The summed E-state index contributed by atoms with van der Waals surface area (Å²) in [5.74, 6) is 1.37. The van der Waals surface area contributed by atoms with Crippen LogP contribution in [0.5, 0.6) is 0 Å². The van der Waals surface area contributed by atoms with Crippen molar-refractivity contribution in [3.05, 3.63) is 17.5 Å². The average Bonchev–Trinajstić information content (AvgIpc) is 2.90. The van der Waals surface area contributed by atoms with Crippen LogP contribution < -0.4 is 5.32 Å². The van der Waals surface area contributed by atoms with Crippen molar-refractivity contribution in [1.29, 1.82) is 0 Å². The van der Waals surface area contributed by atoms with Crippen molar-refractivity contribution >= 4 is 29.9 Å². The third-order valence-electron chi connectivity index (χ3n) is 5.34. The second-order valence-corrected chi connectivity index (χ2v) is 7.72. The van der Waals surface area contributed by atoms with Gasteiger partial charge in [0.2, 0.25) is 0 Å². The quantitative estimate of drug-likeness (QED) is 0.355. The number of hydrogen-bond acceptors (Lipinski definition) is 3. The van der Waals surface area contributed by atoms with Gasteiger partial charge in [-0.15, -0.1) is 24.0 Å². The average molecular weight is 477 g/mol. The Kier molecular flexibility index (Phi) is 9.36. The highest BCUT2D eigenvalue weighted by Gasteiger charge is 2.36. The third kappa shape index (κ3) is 5.84. The number of nitrogens with one attached hydrogen (secondary N) is 1. The molecule has 0 amide bonds. The van der Waals surface area contributed by atoms with Gasteiger partial charge in [-0.2, -0.15) is 5.10 Å². The standard InChI is InChI=1S/C19H35N5O.HI/c1-15(2)17-16(13-24(5)22-17)12-23(4)18(20-3)21-14-19(8-7-9-19)10-11-25-6;/h13,15H,7-12,14H2,1-6H3,(H,20,21);1H. The number of aliphatic imine (C=N–C) groups is 1. The molecule has 0 atom stereocenters. The summed E-state index contributed by atoms with van der Waals surface area (Å²) < 4.78 is 7.20. The molecule has 6 nitrogen and oxygen atoms in total. The van der Waals surface area contributed by atoms with E-state index in [2.05, 4.69) is 47.4 Å². The lowest BCUT2D eigenvalue weighted by atomic mass is 9.67. The van der Waals surface area contributed by atoms with Crippen molar-refractivity contribution in [2.75, 3.05) is 34.4 Å². The van der Waals surface area contributed by atoms with Gasteiger partial charge in [0.05, 0.1) is 5.69 Å². The first kappa shape index (κ1) is 23.2. The smallest absolute Gasteiger partial charge is 0.193 e. The Morgan fingerprint density at radius 1 is 1.46 bits per heavy atom. The van der Waals surface area contributed by atoms with Gasteiger partial charge >= 0.3 is 0 Å². The predicted octanol–water partition coefficient (Wildman–Crippen LogP) is 3.38. The highest BCUT2D eigenvalue weighted by molar-refractivity contribution is 14.0. The molecule has 1 aromatic rings. The molecule has 2 rings (SSSR count). The Balaban J connectivity index is 0.00000338. The van der Waals surface area contributed by atoms with Crippen LogP contribution in [0.3, 0.4) is 0 Å². The van der Waals surface area contributed by atoms with Gasteiger partial charge in [0.15, 0.2) is 5.96 Å². The van der Waals surface area contributed by atoms with Gasteiger partial charge in [-0.25, -0.2) is 0 Å². The van der Waals surface area contributed by atoms with E-state index in [-0.39, 0.29) is 24.0 Å². The second-order valence-electron chi connectivity index (χ2n) is 7.72. The van der Waals surface area contributed by atoms with E-state index in [1.54, 1.807) is 7.11 Å². The molecule has 0 saturated heterocycles. The second kappa shape index (κ2) is 10.5. The number of rotatable bonds is 8. The molecule has 150 valence electrons. The van der Waals surface area contributed by atoms with Gasteiger partial charge in [0.25, 0.3) is 0 Å². The van der Waals surface area contributed by atoms with Crippen LogP contribution in [-0.4, -0.2) is 55.0 Å². The minimum absolute atomic E-state index is 0. The number of methoxy groups -OCH3 is 1. The van der Waals surface area contributed by atoms with Crippen molar-refractivity contribution < 1.29 is 4.74 Å². The van der Waals surface area contributed by atoms with Crippen LogP contribution in [0.2, 0.25) is 0 Å². The van der Waals surface area contributed by atoms with Gasteiger partial charge in [0, 0.05) is 59.7 Å². The lowest BCUT2D eigenvalue weighted by Crippen LogP contribution is -2.47. The fourth-order valence-electron chi connectivity index (χ4n) is 3.65. The van der Waals surface area contributed by atoms with Crippen LogP contribution in [0.4, 0.5) is 0 Å². The van der Waals surface area contributed by atoms with Gasteiger partial charge < -0.3 is 15.0 Å². The molecule has 1 aliphatic carbocycles. The van der Waals surface area contributed by atoms with E-state index in [0.29, 0.717) is 11.3 Å². The molecular formula is C19H36IN5O. The monoisotopic (exact) mass is 477 g/mol. The SMILES string of the molecule is CN=C(NCC1(CCOC)CCC1)N(C)Cc1cn(C)nc1C(C)C.I. The van der Waals surface area contributed by atoms with E-state index < -0.39 is 0 Å². The molecule has 1 N–H and O–H groups in total. The Morgan fingerprint density at radius 3 is 2.65 bits per heavy atom. The lowest BCUT2D eigenvalue weighted by molar-refractivity contribution is 0.0727. The first-order valence-electron chi connectivity index (χ1n) is 9.34. The molecule has 0 spiro atoms. The molecule has 26 heavy (non-hydrogen) atoms. The van der Waals surface area contributed by atoms with Crippen LogP contribution in [-0.2, 0) is 18.3 Å². The number of aryl methyl sites for hydroxylation is 1. The van der Waals surface area contributed by atoms with Crippen LogP contribution in [0.15, 0.2) is 11.2 Å². The van der Waals surface area contributed by atoms with Crippen molar-refractivity contribution in [3.8, 4) is 0 Å². The predicted molar refractivity (Wildman–Crippen MR) is 118 cm³/mol. The Bertz CT molecular complexity index is 580. The normalized spacial score (nSPS) is 16.2. The summed E-state index contributed by atoms with van der Waals surface area (Å²) in [6, 6.07) is 0. The molecule has 7 heteroatoms. The molecular weight excluding hydrogens is 441 g/mol. The van der Waals surface area contributed by atoms with Gasteiger partial charge in [-0.05, 0) is 30.6 Å². The zero-order chi connectivity index (χ0) is 18.4. The van der Waals surface area contributed by atoms with Crippen molar-refractivity contribution in [2.24, 2.45) is 17.5 Å². The summed E-state index contributed by atoms with van der Waals surface area (Å²) in [5, 5.41) is 8.20. The molecule has 1 heterocycles. The highest BCUT2D eigenvalue weighted by atomic mass is 127. The summed E-state index contributed by atoms with van der Waals surface area (Å²) in [6.45, 7) is 7.00. The van der Waals surface area contributed by atoms with Crippen LogP contribution >= 0.6 is 24.0 Å². The number of aromatic nitrogens is 2. The van der Waals surface area contributed by atoms with E-state index in [4.69, 9.17) is 4.74 Å². The van der Waals surface area contributed by atoms with Crippen LogP contribution in [0.1, 0.15) is 56.7 Å². The first-order valence-corrected chi connectivity index (χ1v) is 9.34. The van der Waals surface area contributed by atoms with Crippen molar-refractivity contribution in [2.45, 2.75) is 52.0 Å². The molecule has 1 fully saturated rings. The zero-order valence-corrected chi connectivity index (χ0v) is 19.5. The molecule has 1 aromatic heterocycles. The largest absolute Gasteiger partial charge is 0.385 e. The topological polar surface area (TPSA) is 54.7 Å². The number of halogens is 1. The van der Waals surface area contributed by atoms with Crippen LogP contribution in [0, 0.1) is 5.41 Å². The summed E-state index contributed by atoms with van der Waals surface area (Å²) in [7, 11) is 7.72. The number of nitrogens with zero attached hydrogens (tertiary/aromatic N) is 4. The fraction of sp³-hybridized carbons (Fsp3) is 0.789. The highest BCUT2D eigenvalue weighted by Crippen LogP contribution is 2.43. The summed E-state index contributed by atoms with van der Waals surface area (Å²) in [4.78, 5) is 6.67. The summed E-state index contributed by atoms with van der Waals surface area (Å²) >= 11 is 0. The number of ether oxygens (including phenoxy) is 1. The van der Waals surface area contributed by atoms with Gasteiger partial charge in [-0.3, -0.25) is 9.67 Å². The van der Waals surface area contributed by atoms with E-state index >= 15 is 0 Å². The maximum atomic E-state index is 5.29. The van der Waals surface area contributed by atoms with E-state index in [9.17, 15) is 0 Å². The molecule has 0 unspecified atom stereocenters. The van der Waals surface area contributed by atoms with E-state index in [1.165, 1.54) is 30.5 Å². The maximum Gasteiger partial charge on any atom is 0.193 e. The van der Waals surface area contributed by atoms with Gasteiger partial charge in [-0.1, -0.05) is 20.3 Å². The Labute approximate surface area is 175 Å². The Hall–Kier alpha value is -0.830. The molecule has 1 saturated carbocycles. The molecule has 0 radical (unpaired) electrons. The maximum absolute atomic E-state index is 5.29. The molecule has 0 aliphatic heterocycles.